The van der Waals surface area contributed by atoms with Crippen LogP contribution in [0.25, 0.3) is 0 Å². The summed E-state index contributed by atoms with van der Waals surface area (Å²) in [6.45, 7) is 17.0. The number of benzene rings is 3. The van der Waals surface area contributed by atoms with E-state index in [4.69, 9.17) is 15.5 Å². The summed E-state index contributed by atoms with van der Waals surface area (Å²) in [5, 5.41) is 6.17. The Morgan fingerprint density at radius 3 is 2.20 bits per heavy atom. The maximum atomic E-state index is 13.3. The molecule has 0 saturated heterocycles. The van der Waals surface area contributed by atoms with Gasteiger partial charge in [-0.25, -0.2) is 0 Å². The highest BCUT2D eigenvalue weighted by Crippen LogP contribution is 2.31. The lowest BCUT2D eigenvalue weighted by molar-refractivity contribution is -0.155. The lowest BCUT2D eigenvalue weighted by atomic mass is 9.93. The molecule has 0 spiro atoms. The van der Waals surface area contributed by atoms with Gasteiger partial charge in [-0.3, -0.25) is 19.4 Å². The highest BCUT2D eigenvalue weighted by atomic mass is 16.6. The Morgan fingerprint density at radius 2 is 1.59 bits per heavy atom. The van der Waals surface area contributed by atoms with Crippen LogP contribution >= 0.6 is 0 Å². The normalized spacial score (nSPS) is 13.0. The Labute approximate surface area is 260 Å². The van der Waals surface area contributed by atoms with Crippen LogP contribution in [0.4, 0.5) is 5.69 Å². The summed E-state index contributed by atoms with van der Waals surface area (Å²) in [5.41, 5.74) is 10.7. The second kappa shape index (κ2) is 14.6. The molecule has 3 rings (SSSR count). The Balaban J connectivity index is 2.05. The largest absolute Gasteiger partial charge is 0.460 e. The molecular formula is C36H44N4O4. The first-order valence-corrected chi connectivity index (χ1v) is 14.7. The van der Waals surface area contributed by atoms with Crippen molar-refractivity contribution in [2.75, 3.05) is 5.32 Å². The van der Waals surface area contributed by atoms with Gasteiger partial charge in [0.2, 0.25) is 5.91 Å². The van der Waals surface area contributed by atoms with Gasteiger partial charge in [0.05, 0.1) is 6.04 Å². The van der Waals surface area contributed by atoms with Crippen molar-refractivity contribution in [1.82, 2.24) is 5.32 Å². The van der Waals surface area contributed by atoms with Gasteiger partial charge in [0, 0.05) is 28.8 Å². The number of amides is 2. The molecule has 8 heteroatoms. The van der Waals surface area contributed by atoms with Crippen molar-refractivity contribution >= 4 is 29.3 Å². The Hall–Kier alpha value is -4.72. The first-order valence-electron chi connectivity index (χ1n) is 14.7. The molecule has 0 heterocycles. The minimum atomic E-state index is -0.583. The zero-order valence-electron chi connectivity index (χ0n) is 26.8. The number of esters is 1. The number of carbonyl (C=O) groups is 3. The summed E-state index contributed by atoms with van der Waals surface area (Å²) in [6, 6.07) is 18.2. The Morgan fingerprint density at radius 1 is 0.977 bits per heavy atom. The molecule has 0 aliphatic heterocycles. The van der Waals surface area contributed by atoms with Gasteiger partial charge >= 0.3 is 5.97 Å². The predicted molar refractivity (Wildman–Crippen MR) is 177 cm³/mol. The van der Waals surface area contributed by atoms with E-state index in [0.29, 0.717) is 40.2 Å². The number of rotatable bonds is 11. The van der Waals surface area contributed by atoms with E-state index in [1.54, 1.807) is 12.1 Å². The fraction of sp³-hybridized carbons (Fsp3) is 0.333. The molecule has 0 aromatic heterocycles. The van der Waals surface area contributed by atoms with Gasteiger partial charge in [-0.05, 0) is 101 Å². The molecule has 44 heavy (non-hydrogen) atoms. The van der Waals surface area contributed by atoms with E-state index >= 15 is 0 Å². The molecule has 0 saturated carbocycles. The van der Waals surface area contributed by atoms with Gasteiger partial charge in [-0.15, -0.1) is 0 Å². The van der Waals surface area contributed by atoms with Gasteiger partial charge < -0.3 is 21.1 Å². The highest BCUT2D eigenvalue weighted by molar-refractivity contribution is 6.06. The molecule has 2 unspecified atom stereocenters. The number of hydrogen-bond acceptors (Lipinski definition) is 5. The molecule has 0 aliphatic rings. The topological polar surface area (TPSA) is 123 Å². The van der Waals surface area contributed by atoms with E-state index in [0.717, 1.165) is 16.7 Å². The lowest BCUT2D eigenvalue weighted by Crippen LogP contribution is -2.25. The number of nitrogens with one attached hydrogen (secondary N) is 2. The third-order valence-corrected chi connectivity index (χ3v) is 7.18. The SMILES string of the molecule is C=CNC(=NC(CC(C)CC(=O)OC(C)(C)C)c1cccc(NC(=O)c2c(C)cccc2C)c1)c1cccc(C(N)=O)c1C. The summed E-state index contributed by atoms with van der Waals surface area (Å²) in [7, 11) is 0. The number of ether oxygens (including phenoxy) is 1. The van der Waals surface area contributed by atoms with Gasteiger partial charge in [0.25, 0.3) is 5.91 Å². The van der Waals surface area contributed by atoms with Crippen LogP contribution in [-0.4, -0.2) is 29.2 Å². The maximum absolute atomic E-state index is 13.3. The summed E-state index contributed by atoms with van der Waals surface area (Å²) >= 11 is 0. The predicted octanol–water partition coefficient (Wildman–Crippen LogP) is 6.94. The maximum Gasteiger partial charge on any atom is 0.306 e. The van der Waals surface area contributed by atoms with Crippen LogP contribution in [0.15, 0.2) is 78.4 Å². The molecule has 232 valence electrons. The second-order valence-corrected chi connectivity index (χ2v) is 12.2. The number of hydrogen-bond donors (Lipinski definition) is 3. The van der Waals surface area contributed by atoms with Crippen molar-refractivity contribution in [3.05, 3.63) is 112 Å². The molecule has 3 aromatic rings. The van der Waals surface area contributed by atoms with Crippen LogP contribution in [-0.2, 0) is 9.53 Å². The average molecular weight is 597 g/mol. The molecule has 8 nitrogen and oxygen atoms in total. The van der Waals surface area contributed by atoms with Crippen LogP contribution in [0.2, 0.25) is 0 Å². The van der Waals surface area contributed by atoms with Crippen LogP contribution in [0.5, 0.6) is 0 Å². The first-order chi connectivity index (χ1) is 20.7. The summed E-state index contributed by atoms with van der Waals surface area (Å²) < 4.78 is 5.57. The Kier molecular flexibility index (Phi) is 11.2. The van der Waals surface area contributed by atoms with Crippen LogP contribution in [0.3, 0.4) is 0 Å². The molecular weight excluding hydrogens is 552 g/mol. The summed E-state index contributed by atoms with van der Waals surface area (Å²) in [4.78, 5) is 43.1. The lowest BCUT2D eigenvalue weighted by Gasteiger charge is -2.23. The van der Waals surface area contributed by atoms with Crippen molar-refractivity contribution in [1.29, 1.82) is 0 Å². The van der Waals surface area contributed by atoms with Crippen LogP contribution < -0.4 is 16.4 Å². The monoisotopic (exact) mass is 596 g/mol. The fourth-order valence-corrected chi connectivity index (χ4v) is 5.18. The first kappa shape index (κ1) is 33.8. The Bertz CT molecular complexity index is 1550. The molecule has 3 aromatic carbocycles. The third kappa shape index (κ3) is 9.14. The molecule has 2 amide bonds. The van der Waals surface area contributed by atoms with E-state index in [-0.39, 0.29) is 24.2 Å². The van der Waals surface area contributed by atoms with Crippen molar-refractivity contribution in [2.24, 2.45) is 16.6 Å². The summed E-state index contributed by atoms with van der Waals surface area (Å²) in [5.74, 6) is -0.590. The molecule has 2 atom stereocenters. The standard InChI is InChI=1S/C36H44N4O4/c1-9-38-34(29-18-12-17-28(25(29)5)33(37)42)40-30(19-22(2)20-31(41)44-36(6,7)8)26-15-11-16-27(21-26)39-35(43)32-23(3)13-10-14-24(32)4/h9-18,21-22,30H,1,19-20H2,2-8H3,(H2,37,42)(H,38,40)(H,39,43). The van der Waals surface area contributed by atoms with Crippen molar-refractivity contribution in [2.45, 2.75) is 73.0 Å². The number of amidine groups is 1. The van der Waals surface area contributed by atoms with Crippen molar-refractivity contribution < 1.29 is 19.1 Å². The van der Waals surface area contributed by atoms with E-state index in [2.05, 4.69) is 17.2 Å². The molecule has 0 fully saturated rings. The minimum Gasteiger partial charge on any atom is -0.460 e. The number of primary amides is 1. The number of anilines is 1. The van der Waals surface area contributed by atoms with E-state index < -0.39 is 17.6 Å². The van der Waals surface area contributed by atoms with Crippen LogP contribution in [0, 0.1) is 26.7 Å². The fourth-order valence-electron chi connectivity index (χ4n) is 5.18. The number of aliphatic imine (C=N–C) groups is 1. The quantitative estimate of drug-likeness (QED) is 0.126. The van der Waals surface area contributed by atoms with Crippen molar-refractivity contribution in [3.8, 4) is 0 Å². The molecule has 0 radical (unpaired) electrons. The van der Waals surface area contributed by atoms with Gasteiger partial charge in [-0.2, -0.15) is 0 Å². The molecule has 0 bridgehead atoms. The van der Waals surface area contributed by atoms with Gasteiger partial charge in [0.1, 0.15) is 11.4 Å². The van der Waals surface area contributed by atoms with Crippen LogP contribution in [0.1, 0.15) is 95.1 Å². The molecule has 0 aliphatic carbocycles. The zero-order chi connectivity index (χ0) is 32.6. The van der Waals surface area contributed by atoms with Gasteiger partial charge in [0.15, 0.2) is 0 Å². The number of carbonyl (C=O) groups excluding carboxylic acids is 3. The van der Waals surface area contributed by atoms with E-state index in [9.17, 15) is 14.4 Å². The third-order valence-electron chi connectivity index (χ3n) is 7.18. The number of nitrogens with two attached hydrogens (primary N) is 1. The number of aryl methyl sites for hydroxylation is 2. The zero-order valence-corrected chi connectivity index (χ0v) is 26.8. The van der Waals surface area contributed by atoms with E-state index in [1.165, 1.54) is 6.20 Å². The van der Waals surface area contributed by atoms with Gasteiger partial charge in [-0.1, -0.05) is 56.0 Å². The smallest absolute Gasteiger partial charge is 0.306 e. The molecule has 4 N–H and O–H groups in total. The van der Waals surface area contributed by atoms with Crippen molar-refractivity contribution in [3.63, 3.8) is 0 Å². The van der Waals surface area contributed by atoms with E-state index in [1.807, 2.05) is 97.0 Å². The second-order valence-electron chi connectivity index (χ2n) is 12.2. The number of nitrogens with zero attached hydrogens (tertiary/aromatic N) is 1. The average Bonchev–Trinajstić information content (AvgIpc) is 2.91. The minimum absolute atomic E-state index is 0.0884. The summed E-state index contributed by atoms with van der Waals surface area (Å²) in [6.07, 6.45) is 2.24. The highest BCUT2D eigenvalue weighted by Gasteiger charge is 2.23.